The number of ketones is 2. The third-order valence-corrected chi connectivity index (χ3v) is 9.19. The van der Waals surface area contributed by atoms with Gasteiger partial charge in [-0.15, -0.1) is 0 Å². The maximum absolute atomic E-state index is 13.0. The third kappa shape index (κ3) is 6.32. The van der Waals surface area contributed by atoms with Crippen molar-refractivity contribution in [1.29, 1.82) is 0 Å². The third-order valence-electron chi connectivity index (χ3n) is 9.19. The first kappa shape index (κ1) is 33.0. The number of carbonyl (C=O) groups excluding carboxylic acids is 3. The Bertz CT molecular complexity index is 1910. The van der Waals surface area contributed by atoms with Gasteiger partial charge in [0.2, 0.25) is 0 Å². The molecule has 3 aliphatic rings. The predicted octanol–water partition coefficient (Wildman–Crippen LogP) is 4.18. The predicted molar refractivity (Wildman–Crippen MR) is 177 cm³/mol. The van der Waals surface area contributed by atoms with Gasteiger partial charge in [0.05, 0.1) is 49.3 Å². The highest BCUT2D eigenvalue weighted by molar-refractivity contribution is 6.35. The van der Waals surface area contributed by atoms with Gasteiger partial charge in [-0.05, 0) is 112 Å². The van der Waals surface area contributed by atoms with Crippen molar-refractivity contribution in [2.24, 2.45) is 9.98 Å². The Hall–Kier alpha value is -4.41. The average molecular weight is 627 g/mol. The van der Waals surface area contributed by atoms with Crippen molar-refractivity contribution in [2.75, 3.05) is 20.8 Å². The monoisotopic (exact) mass is 626 g/mol. The molecule has 10 heteroatoms. The average Bonchev–Trinajstić information content (AvgIpc) is 3.67. The molecule has 2 aromatic heterocycles. The molecule has 10 nitrogen and oxygen atoms in total. The number of ether oxygens (including phenoxy) is 1. The van der Waals surface area contributed by atoms with E-state index < -0.39 is 0 Å². The Labute approximate surface area is 268 Å². The molecular weight excluding hydrogens is 584 g/mol. The summed E-state index contributed by atoms with van der Waals surface area (Å²) >= 11 is 0. The van der Waals surface area contributed by atoms with Crippen LogP contribution < -0.4 is 10.7 Å². The number of H-pyrrole nitrogens is 2. The highest BCUT2D eigenvalue weighted by atomic mass is 17.2. The van der Waals surface area contributed by atoms with E-state index in [1.165, 1.54) is 19.8 Å². The highest BCUT2D eigenvalue weighted by Gasteiger charge is 2.29. The quantitative estimate of drug-likeness (QED) is 0.134. The number of rotatable bonds is 10. The summed E-state index contributed by atoms with van der Waals surface area (Å²) in [5.74, 6) is -0.431. The number of fused-ring (bicyclic) bond motifs is 6. The Morgan fingerprint density at radius 1 is 0.891 bits per heavy atom. The van der Waals surface area contributed by atoms with Crippen molar-refractivity contribution in [2.45, 2.75) is 79.7 Å². The van der Waals surface area contributed by atoms with Gasteiger partial charge in [-0.3, -0.25) is 19.4 Å². The molecular formula is C36H42N4O6. The lowest BCUT2D eigenvalue weighted by molar-refractivity contribution is -0.272. The summed E-state index contributed by atoms with van der Waals surface area (Å²) in [5, 5.41) is 1.37. The second kappa shape index (κ2) is 13.5. The van der Waals surface area contributed by atoms with E-state index in [1.807, 2.05) is 39.0 Å². The standard InChI is InChI=1S/C36H42N4O6/c1-18-24(10-9-13-46-45-8)30-17-31-25(11-12-34(43)44-7)19(2)27(38-31)15-32-36(23(6)42)21(4)29(40-32)16-33-35(22(5)41)20(3)28(39-33)14-26(18)37-30/h14-16,30,38,40H,9-13,17H2,1-8H3/b28-14?,29-16?,32-15-. The van der Waals surface area contributed by atoms with Crippen molar-refractivity contribution < 1.29 is 28.9 Å². The van der Waals surface area contributed by atoms with E-state index in [4.69, 9.17) is 24.5 Å². The summed E-state index contributed by atoms with van der Waals surface area (Å²) in [6.45, 7) is 11.5. The van der Waals surface area contributed by atoms with Crippen molar-refractivity contribution in [1.82, 2.24) is 9.97 Å². The molecule has 2 aromatic rings. The molecule has 0 aromatic carbocycles. The molecule has 46 heavy (non-hydrogen) atoms. The fraction of sp³-hybridized carbons (Fsp3) is 0.417. The molecule has 0 fully saturated rings. The number of nitrogens with one attached hydrogen (secondary N) is 2. The van der Waals surface area contributed by atoms with Gasteiger partial charge < -0.3 is 14.7 Å². The lowest BCUT2D eigenvalue weighted by Crippen LogP contribution is -2.16. The van der Waals surface area contributed by atoms with Crippen LogP contribution >= 0.6 is 0 Å². The van der Waals surface area contributed by atoms with E-state index >= 15 is 0 Å². The molecule has 242 valence electrons. The Morgan fingerprint density at radius 3 is 2.33 bits per heavy atom. The maximum atomic E-state index is 13.0. The second-order valence-corrected chi connectivity index (χ2v) is 12.1. The van der Waals surface area contributed by atoms with Gasteiger partial charge >= 0.3 is 5.97 Å². The van der Waals surface area contributed by atoms with Crippen LogP contribution in [-0.2, 0) is 36.9 Å². The van der Waals surface area contributed by atoms with Gasteiger partial charge in [0, 0.05) is 40.7 Å². The Balaban J connectivity index is 1.77. The first-order valence-corrected chi connectivity index (χ1v) is 15.6. The fourth-order valence-electron chi connectivity index (χ4n) is 6.76. The summed E-state index contributed by atoms with van der Waals surface area (Å²) in [4.78, 5) is 65.2. The molecule has 2 N–H and O–H groups in total. The molecule has 8 bridgehead atoms. The zero-order valence-corrected chi connectivity index (χ0v) is 27.9. The molecule has 0 saturated heterocycles. The van der Waals surface area contributed by atoms with Gasteiger partial charge in [0.15, 0.2) is 11.6 Å². The van der Waals surface area contributed by atoms with Crippen LogP contribution in [0.3, 0.4) is 0 Å². The molecule has 0 radical (unpaired) electrons. The summed E-state index contributed by atoms with van der Waals surface area (Å²) in [5.41, 5.74) is 10.9. The minimum absolute atomic E-state index is 0.0735. The molecule has 5 rings (SSSR count). The van der Waals surface area contributed by atoms with Crippen LogP contribution in [0.5, 0.6) is 0 Å². The van der Waals surface area contributed by atoms with E-state index in [1.54, 1.807) is 13.8 Å². The van der Waals surface area contributed by atoms with Crippen molar-refractivity contribution in [3.05, 3.63) is 78.4 Å². The van der Waals surface area contributed by atoms with Gasteiger partial charge in [-0.1, -0.05) is 0 Å². The largest absolute Gasteiger partial charge is 0.469 e. The highest BCUT2D eigenvalue weighted by Crippen LogP contribution is 2.34. The number of nitrogens with zero attached hydrogens (tertiary/aromatic N) is 2. The molecule has 1 unspecified atom stereocenters. The number of aromatic amines is 2. The van der Waals surface area contributed by atoms with E-state index in [9.17, 15) is 14.4 Å². The number of allylic oxidation sites excluding steroid dienone is 4. The van der Waals surface area contributed by atoms with E-state index in [0.29, 0.717) is 52.7 Å². The normalized spacial score (nSPS) is 18.1. The number of carbonyl (C=O) groups is 3. The van der Waals surface area contributed by atoms with Crippen LogP contribution in [0.2, 0.25) is 0 Å². The minimum atomic E-state index is -0.276. The molecule has 1 atom stereocenters. The summed E-state index contributed by atoms with van der Waals surface area (Å²) < 4.78 is 4.96. The second-order valence-electron chi connectivity index (χ2n) is 12.1. The van der Waals surface area contributed by atoms with E-state index in [0.717, 1.165) is 57.8 Å². The molecule has 0 amide bonds. The first-order chi connectivity index (χ1) is 21.9. The number of methoxy groups -OCH3 is 1. The minimum Gasteiger partial charge on any atom is -0.469 e. The van der Waals surface area contributed by atoms with Crippen LogP contribution in [0.1, 0.15) is 85.4 Å². The van der Waals surface area contributed by atoms with Gasteiger partial charge in [0.1, 0.15) is 0 Å². The molecule has 0 saturated carbocycles. The van der Waals surface area contributed by atoms with Crippen molar-refractivity contribution >= 4 is 41.1 Å². The first-order valence-electron chi connectivity index (χ1n) is 15.6. The summed E-state index contributed by atoms with van der Waals surface area (Å²) in [6, 6.07) is -0.162. The van der Waals surface area contributed by atoms with Crippen molar-refractivity contribution in [3.63, 3.8) is 0 Å². The zero-order chi connectivity index (χ0) is 33.3. The maximum Gasteiger partial charge on any atom is 0.305 e. The number of hydrogen-bond acceptors (Lipinski definition) is 8. The number of hydrogen-bond donors (Lipinski definition) is 2. The van der Waals surface area contributed by atoms with E-state index in [-0.39, 0.29) is 30.0 Å². The van der Waals surface area contributed by atoms with Crippen LogP contribution in [0.4, 0.5) is 0 Å². The molecule has 5 heterocycles. The smallest absolute Gasteiger partial charge is 0.305 e. The number of aliphatic imine (C=N–C) groups is 2. The lowest BCUT2D eigenvalue weighted by Gasteiger charge is -2.15. The Morgan fingerprint density at radius 2 is 1.65 bits per heavy atom. The van der Waals surface area contributed by atoms with Crippen LogP contribution in [0.25, 0.3) is 12.2 Å². The van der Waals surface area contributed by atoms with Crippen LogP contribution in [-0.4, -0.2) is 65.8 Å². The van der Waals surface area contributed by atoms with Crippen LogP contribution in [0, 0.1) is 13.8 Å². The molecule has 3 aliphatic heterocycles. The van der Waals surface area contributed by atoms with Crippen LogP contribution in [0.15, 0.2) is 44.1 Å². The van der Waals surface area contributed by atoms with Gasteiger partial charge in [-0.2, -0.15) is 0 Å². The number of esters is 1. The molecule has 0 aliphatic carbocycles. The zero-order valence-electron chi connectivity index (χ0n) is 27.9. The van der Waals surface area contributed by atoms with E-state index in [2.05, 4.69) is 16.9 Å². The van der Waals surface area contributed by atoms with Gasteiger partial charge in [0.25, 0.3) is 0 Å². The molecule has 0 spiro atoms. The SMILES string of the molecule is COOCCCC1=C(C)C2=NC1Cc1[nH]c(c(C)c1CCC(=O)OC)/C=c1\[nH]c(c(C)c1C(C)=O)=CC1=NC(=C2)C(C)=C1C(C)=O. The fourth-order valence-corrected chi connectivity index (χ4v) is 6.76. The topological polar surface area (TPSA) is 135 Å². The number of Topliss-reactive ketones (excluding diaryl/α,β-unsaturated/α-hetero) is 2. The Kier molecular flexibility index (Phi) is 9.69. The summed E-state index contributed by atoms with van der Waals surface area (Å²) in [7, 11) is 2.90. The summed E-state index contributed by atoms with van der Waals surface area (Å²) in [6.07, 6.45) is 8.61. The van der Waals surface area contributed by atoms with Crippen molar-refractivity contribution in [3.8, 4) is 0 Å². The van der Waals surface area contributed by atoms with Gasteiger partial charge in [-0.25, -0.2) is 14.8 Å². The number of aromatic nitrogens is 2. The lowest BCUT2D eigenvalue weighted by atomic mass is 9.93.